The Morgan fingerprint density at radius 2 is 1.24 bits per heavy atom. The second-order valence-corrected chi connectivity index (χ2v) is 12.8. The summed E-state index contributed by atoms with van der Waals surface area (Å²) in [4.78, 5) is 4.65. The van der Waals surface area contributed by atoms with E-state index in [9.17, 15) is 17.6 Å². The van der Waals surface area contributed by atoms with E-state index in [4.69, 9.17) is 4.42 Å². The molecular weight excluding hydrogens is 509 g/mol. The number of hydrogen-bond acceptors (Lipinski definition) is 2. The van der Waals surface area contributed by atoms with E-state index >= 15 is 0 Å². The van der Waals surface area contributed by atoms with Crippen LogP contribution in [0.4, 0.5) is 17.6 Å². The SMILES string of the molecule is Fc1cc(C(F)(F)F)ccc1/C=C/c1nc(C[PH](c2ccccc2)(c2ccccc2)c2ccccc2)co1. The van der Waals surface area contributed by atoms with Crippen molar-refractivity contribution in [2.45, 2.75) is 12.3 Å². The van der Waals surface area contributed by atoms with Gasteiger partial charge in [-0.15, -0.1) is 0 Å². The molecule has 0 aliphatic heterocycles. The standard InChI is InChI=1S/C31H24F4NOP/c32-29-20-24(31(33,34)35)18-16-23(29)17-19-30-36-25(21-37-30)22-38(26-10-4-1-5-11-26,27-12-6-2-7-13-27)28-14-8-3-9-15-28/h1-21,38H,22H2/b19-17+. The number of hydrogen-bond donors (Lipinski definition) is 0. The number of benzene rings is 4. The summed E-state index contributed by atoms with van der Waals surface area (Å²) in [5.41, 5.74) is -0.283. The monoisotopic (exact) mass is 533 g/mol. The molecule has 1 heterocycles. The third-order valence-corrected chi connectivity index (χ3v) is 11.4. The van der Waals surface area contributed by atoms with Crippen molar-refractivity contribution < 1.29 is 22.0 Å². The second kappa shape index (κ2) is 10.8. The van der Waals surface area contributed by atoms with Gasteiger partial charge in [-0.25, -0.2) is 0 Å². The minimum atomic E-state index is -4.60. The van der Waals surface area contributed by atoms with Gasteiger partial charge in [-0.1, -0.05) is 0 Å². The molecule has 0 fully saturated rings. The molecule has 0 saturated carbocycles. The predicted molar refractivity (Wildman–Crippen MR) is 147 cm³/mol. The first kappa shape index (κ1) is 25.6. The van der Waals surface area contributed by atoms with Crippen molar-refractivity contribution in [1.82, 2.24) is 4.98 Å². The van der Waals surface area contributed by atoms with Gasteiger partial charge in [0.2, 0.25) is 0 Å². The van der Waals surface area contributed by atoms with Crippen LogP contribution in [0.1, 0.15) is 22.7 Å². The summed E-state index contributed by atoms with van der Waals surface area (Å²) >= 11 is 0. The molecule has 0 amide bonds. The first-order valence-electron chi connectivity index (χ1n) is 12.0. The van der Waals surface area contributed by atoms with Crippen molar-refractivity contribution in [3.8, 4) is 0 Å². The molecule has 0 spiro atoms. The third kappa shape index (κ3) is 5.32. The van der Waals surface area contributed by atoms with Crippen LogP contribution in [0, 0.1) is 5.82 Å². The molecule has 0 N–H and O–H groups in total. The zero-order valence-corrected chi connectivity index (χ0v) is 21.2. The number of aromatic nitrogens is 1. The van der Waals surface area contributed by atoms with Gasteiger partial charge >= 0.3 is 219 Å². The molecule has 0 atom stereocenters. The Labute approximate surface area is 218 Å². The fraction of sp³-hybridized carbons (Fsp3) is 0.0645. The van der Waals surface area contributed by atoms with Crippen molar-refractivity contribution >= 4 is 35.3 Å². The van der Waals surface area contributed by atoms with Crippen LogP contribution in [0.3, 0.4) is 0 Å². The molecule has 0 unspecified atom stereocenters. The van der Waals surface area contributed by atoms with Crippen LogP contribution >= 0.6 is 7.26 Å². The summed E-state index contributed by atoms with van der Waals surface area (Å²) < 4.78 is 58.5. The maximum absolute atomic E-state index is 14.3. The van der Waals surface area contributed by atoms with E-state index in [0.717, 1.165) is 17.8 Å². The fourth-order valence-corrected chi connectivity index (χ4v) is 9.33. The molecule has 38 heavy (non-hydrogen) atoms. The summed E-state index contributed by atoms with van der Waals surface area (Å²) in [5.74, 6) is -0.720. The molecule has 1 aromatic heterocycles. The number of halogens is 4. The molecule has 0 aliphatic carbocycles. The molecule has 0 radical (unpaired) electrons. The Hall–Kier alpha value is -4.02. The van der Waals surface area contributed by atoms with Crippen LogP contribution < -0.4 is 15.9 Å². The van der Waals surface area contributed by atoms with Gasteiger partial charge in [-0.05, 0) is 0 Å². The summed E-state index contributed by atoms with van der Waals surface area (Å²) in [6.07, 6.45) is 0.441. The summed E-state index contributed by atoms with van der Waals surface area (Å²) in [6, 6.07) is 33.6. The Morgan fingerprint density at radius 3 is 1.71 bits per heavy atom. The predicted octanol–water partition coefficient (Wildman–Crippen LogP) is 7.23. The Balaban J connectivity index is 1.52. The molecule has 0 saturated heterocycles. The Kier molecular flexibility index (Phi) is 7.26. The Bertz CT molecular complexity index is 1430. The molecule has 0 aliphatic rings. The van der Waals surface area contributed by atoms with Crippen molar-refractivity contribution in [2.75, 3.05) is 0 Å². The van der Waals surface area contributed by atoms with E-state index in [1.165, 1.54) is 28.1 Å². The minimum absolute atomic E-state index is 0.0133. The van der Waals surface area contributed by atoms with Gasteiger partial charge in [0.1, 0.15) is 0 Å². The van der Waals surface area contributed by atoms with Crippen LogP contribution in [0.15, 0.2) is 120 Å². The van der Waals surface area contributed by atoms with Crippen molar-refractivity contribution in [3.63, 3.8) is 0 Å². The molecule has 4 aromatic carbocycles. The topological polar surface area (TPSA) is 26.0 Å². The van der Waals surface area contributed by atoms with Gasteiger partial charge in [0.25, 0.3) is 0 Å². The average Bonchev–Trinajstić information content (AvgIpc) is 3.39. The van der Waals surface area contributed by atoms with Gasteiger partial charge in [-0.3, -0.25) is 0 Å². The number of nitrogens with zero attached hydrogens (tertiary/aromatic N) is 1. The summed E-state index contributed by atoms with van der Waals surface area (Å²) in [5, 5.41) is 3.68. The van der Waals surface area contributed by atoms with Gasteiger partial charge < -0.3 is 0 Å². The third-order valence-electron chi connectivity index (χ3n) is 6.55. The van der Waals surface area contributed by atoms with E-state index in [-0.39, 0.29) is 11.5 Å². The first-order valence-corrected chi connectivity index (χ1v) is 14.2. The van der Waals surface area contributed by atoms with Gasteiger partial charge in [0, 0.05) is 0 Å². The van der Waals surface area contributed by atoms with Gasteiger partial charge in [-0.2, -0.15) is 0 Å². The van der Waals surface area contributed by atoms with Crippen LogP contribution in [0.2, 0.25) is 0 Å². The first-order chi connectivity index (χ1) is 18.4. The fourth-order valence-electron chi connectivity index (χ4n) is 4.73. The number of rotatable bonds is 7. The molecule has 7 heteroatoms. The van der Waals surface area contributed by atoms with E-state index in [0.29, 0.717) is 12.2 Å². The van der Waals surface area contributed by atoms with Crippen LogP contribution in [-0.4, -0.2) is 4.98 Å². The van der Waals surface area contributed by atoms with Crippen LogP contribution in [0.5, 0.6) is 0 Å². The van der Waals surface area contributed by atoms with Crippen molar-refractivity contribution in [2.24, 2.45) is 0 Å². The average molecular weight is 534 g/mol. The quantitative estimate of drug-likeness (QED) is 0.163. The number of alkyl halides is 3. The second-order valence-electron chi connectivity index (χ2n) is 8.92. The molecule has 2 nitrogen and oxygen atoms in total. The molecule has 0 bridgehead atoms. The van der Waals surface area contributed by atoms with Gasteiger partial charge in [0.15, 0.2) is 0 Å². The molecule has 5 aromatic rings. The van der Waals surface area contributed by atoms with E-state index in [2.05, 4.69) is 41.4 Å². The summed E-state index contributed by atoms with van der Waals surface area (Å²) in [6.45, 7) is 0. The van der Waals surface area contributed by atoms with E-state index in [1.54, 1.807) is 6.26 Å². The van der Waals surface area contributed by atoms with Crippen molar-refractivity contribution in [1.29, 1.82) is 0 Å². The van der Waals surface area contributed by atoms with E-state index in [1.807, 2.05) is 54.6 Å². The zero-order chi connectivity index (χ0) is 26.6. The van der Waals surface area contributed by atoms with Gasteiger partial charge in [0.05, 0.1) is 0 Å². The normalized spacial score (nSPS) is 12.6. The Morgan fingerprint density at radius 1 is 0.711 bits per heavy atom. The molecule has 192 valence electrons. The number of oxazole rings is 1. The molecule has 5 rings (SSSR count). The summed E-state index contributed by atoms with van der Waals surface area (Å²) in [7, 11) is -2.58. The van der Waals surface area contributed by atoms with Crippen LogP contribution in [-0.2, 0) is 12.3 Å². The maximum atomic E-state index is 14.3. The molecular formula is C31H24F4NOP. The van der Waals surface area contributed by atoms with Crippen LogP contribution in [0.25, 0.3) is 12.2 Å². The van der Waals surface area contributed by atoms with Crippen molar-refractivity contribution in [3.05, 3.63) is 144 Å². The van der Waals surface area contributed by atoms with E-state index < -0.39 is 24.8 Å². The zero-order valence-electron chi connectivity index (χ0n) is 20.2.